The van der Waals surface area contributed by atoms with Crippen LogP contribution in [0.25, 0.3) is 10.4 Å². The number of halogens is 3. The number of rotatable bonds is 3. The molecule has 2 heterocycles. The van der Waals surface area contributed by atoms with Gasteiger partial charge in [-0.1, -0.05) is 42.5 Å². The van der Waals surface area contributed by atoms with E-state index in [2.05, 4.69) is 6.07 Å². The number of hydrogen-bond acceptors (Lipinski definition) is 2. The van der Waals surface area contributed by atoms with E-state index in [-0.39, 0.29) is 17.8 Å². The van der Waals surface area contributed by atoms with Crippen molar-refractivity contribution >= 4 is 17.2 Å². The quantitative estimate of drug-likeness (QED) is 0.344. The highest BCUT2D eigenvalue weighted by Crippen LogP contribution is 2.38. The van der Waals surface area contributed by atoms with Crippen LogP contribution < -0.4 is 0 Å². The Morgan fingerprint density at radius 1 is 0.875 bits per heavy atom. The third-order valence-corrected chi connectivity index (χ3v) is 6.87. The van der Waals surface area contributed by atoms with Gasteiger partial charge >= 0.3 is 0 Å². The Labute approximate surface area is 187 Å². The summed E-state index contributed by atoms with van der Waals surface area (Å²) in [5, 5.41) is 0. The second-order valence-corrected chi connectivity index (χ2v) is 8.78. The number of nitrogens with zero attached hydrogens (tertiary/aromatic N) is 1. The zero-order chi connectivity index (χ0) is 22.2. The lowest BCUT2D eigenvalue weighted by molar-refractivity contribution is 0.0699. The van der Waals surface area contributed by atoms with Crippen molar-refractivity contribution in [3.8, 4) is 10.4 Å². The van der Waals surface area contributed by atoms with E-state index in [0.717, 1.165) is 29.7 Å². The van der Waals surface area contributed by atoms with Crippen molar-refractivity contribution in [3.05, 3.63) is 118 Å². The van der Waals surface area contributed by atoms with Crippen LogP contribution in [0.2, 0.25) is 0 Å². The molecule has 32 heavy (non-hydrogen) atoms. The molecule has 0 spiro atoms. The molecule has 3 aromatic carbocycles. The van der Waals surface area contributed by atoms with Crippen LogP contribution in [0.1, 0.15) is 32.4 Å². The first-order chi connectivity index (χ1) is 15.5. The maximum atomic E-state index is 13.7. The first kappa shape index (κ1) is 20.5. The van der Waals surface area contributed by atoms with Gasteiger partial charge in [0.05, 0.1) is 10.9 Å². The maximum absolute atomic E-state index is 13.7. The van der Waals surface area contributed by atoms with Gasteiger partial charge in [0.25, 0.3) is 5.91 Å². The minimum Gasteiger partial charge on any atom is -0.326 e. The number of carbonyl (C=O) groups excluding carboxylic acids is 1. The first-order valence-electron chi connectivity index (χ1n) is 10.2. The van der Waals surface area contributed by atoms with E-state index in [4.69, 9.17) is 0 Å². The predicted octanol–water partition coefficient (Wildman–Crippen LogP) is 6.62. The topological polar surface area (TPSA) is 20.3 Å². The zero-order valence-electron chi connectivity index (χ0n) is 16.9. The first-order valence-corrected chi connectivity index (χ1v) is 11.0. The van der Waals surface area contributed by atoms with E-state index < -0.39 is 11.6 Å². The average Bonchev–Trinajstić information content (AvgIpc) is 3.31. The van der Waals surface area contributed by atoms with Crippen LogP contribution in [-0.2, 0) is 6.42 Å². The number of benzene rings is 3. The van der Waals surface area contributed by atoms with E-state index in [9.17, 15) is 18.0 Å². The van der Waals surface area contributed by atoms with Crippen molar-refractivity contribution in [1.82, 2.24) is 4.90 Å². The molecule has 1 aliphatic heterocycles. The second kappa shape index (κ2) is 8.28. The van der Waals surface area contributed by atoms with Gasteiger partial charge in [0.2, 0.25) is 0 Å². The van der Waals surface area contributed by atoms with Gasteiger partial charge in [-0.3, -0.25) is 4.79 Å². The zero-order valence-corrected chi connectivity index (χ0v) is 17.7. The summed E-state index contributed by atoms with van der Waals surface area (Å²) in [6.45, 7) is 0.524. The highest BCUT2D eigenvalue weighted by atomic mass is 32.1. The van der Waals surface area contributed by atoms with E-state index in [0.29, 0.717) is 21.9 Å². The van der Waals surface area contributed by atoms with E-state index >= 15 is 0 Å². The van der Waals surface area contributed by atoms with Gasteiger partial charge in [-0.2, -0.15) is 0 Å². The normalized spacial score (nSPS) is 15.5. The monoisotopic (exact) mass is 449 g/mol. The van der Waals surface area contributed by atoms with Gasteiger partial charge in [0, 0.05) is 11.4 Å². The third kappa shape index (κ3) is 3.71. The van der Waals surface area contributed by atoms with Crippen LogP contribution in [-0.4, -0.2) is 17.4 Å². The highest BCUT2D eigenvalue weighted by Gasteiger charge is 2.33. The summed E-state index contributed by atoms with van der Waals surface area (Å²) in [5.41, 5.74) is 3.55. The number of carbonyl (C=O) groups is 1. The summed E-state index contributed by atoms with van der Waals surface area (Å²) >= 11 is 1.24. The van der Waals surface area contributed by atoms with Gasteiger partial charge in [-0.15, -0.1) is 11.3 Å². The summed E-state index contributed by atoms with van der Waals surface area (Å²) in [6, 6.07) is 21.0. The van der Waals surface area contributed by atoms with E-state index in [1.807, 2.05) is 18.2 Å². The molecular formula is C26H18F3NOS. The summed E-state index contributed by atoms with van der Waals surface area (Å²) in [5.74, 6) is -2.30. The number of amides is 1. The predicted molar refractivity (Wildman–Crippen MR) is 119 cm³/mol. The molecule has 0 saturated carbocycles. The van der Waals surface area contributed by atoms with Crippen LogP contribution in [0.4, 0.5) is 13.2 Å². The van der Waals surface area contributed by atoms with Gasteiger partial charge in [0.1, 0.15) is 5.82 Å². The van der Waals surface area contributed by atoms with Crippen LogP contribution in [0.3, 0.4) is 0 Å². The van der Waals surface area contributed by atoms with Gasteiger partial charge in [-0.05, 0) is 65.1 Å². The lowest BCUT2D eigenvalue weighted by Gasteiger charge is -2.37. The number of fused-ring (bicyclic) bond motifs is 1. The lowest BCUT2D eigenvalue weighted by atomic mass is 9.88. The molecule has 1 aliphatic rings. The molecule has 4 aromatic rings. The molecule has 0 N–H and O–H groups in total. The Morgan fingerprint density at radius 2 is 1.66 bits per heavy atom. The molecule has 2 nitrogen and oxygen atoms in total. The van der Waals surface area contributed by atoms with Gasteiger partial charge in [-0.25, -0.2) is 13.2 Å². The van der Waals surface area contributed by atoms with Crippen molar-refractivity contribution in [3.63, 3.8) is 0 Å². The average molecular weight is 449 g/mol. The van der Waals surface area contributed by atoms with E-state index in [1.54, 1.807) is 29.2 Å². The summed E-state index contributed by atoms with van der Waals surface area (Å²) < 4.78 is 40.5. The Morgan fingerprint density at radius 3 is 2.44 bits per heavy atom. The molecule has 5 rings (SSSR count). The molecule has 0 fully saturated rings. The summed E-state index contributed by atoms with van der Waals surface area (Å²) in [4.78, 5) is 16.5. The van der Waals surface area contributed by atoms with Gasteiger partial charge < -0.3 is 4.90 Å². The standard InChI is InChI=1S/C26H18F3NOS/c27-19-8-5-17(6-9-19)25-20-4-2-1-3-16(20)13-14-30(25)26(31)24-12-11-23(32-24)18-7-10-21(28)22(29)15-18/h1-12,15,25H,13-14H2/t25-/m0/s1. The Kier molecular flexibility index (Phi) is 5.31. The third-order valence-electron chi connectivity index (χ3n) is 5.75. The molecular weight excluding hydrogens is 431 g/mol. The van der Waals surface area contributed by atoms with Gasteiger partial charge in [0.15, 0.2) is 11.6 Å². The van der Waals surface area contributed by atoms with Crippen molar-refractivity contribution in [2.75, 3.05) is 6.54 Å². The van der Waals surface area contributed by atoms with Crippen molar-refractivity contribution in [1.29, 1.82) is 0 Å². The largest absolute Gasteiger partial charge is 0.326 e. The van der Waals surface area contributed by atoms with Crippen LogP contribution >= 0.6 is 11.3 Å². The smallest absolute Gasteiger partial charge is 0.264 e. The SMILES string of the molecule is O=C(c1ccc(-c2ccc(F)c(F)c2)s1)N1CCc2ccccc2[C@@H]1c1ccc(F)cc1. The fourth-order valence-electron chi connectivity index (χ4n) is 4.19. The maximum Gasteiger partial charge on any atom is 0.264 e. The molecule has 0 unspecified atom stereocenters. The van der Waals surface area contributed by atoms with E-state index in [1.165, 1.54) is 35.1 Å². The Bertz CT molecular complexity index is 1300. The molecule has 1 aromatic heterocycles. The Hall–Kier alpha value is -3.38. The molecule has 160 valence electrons. The molecule has 0 bridgehead atoms. The Balaban J connectivity index is 1.51. The fraction of sp³-hybridized carbons (Fsp3) is 0.115. The highest BCUT2D eigenvalue weighted by molar-refractivity contribution is 7.17. The van der Waals surface area contributed by atoms with Crippen molar-refractivity contribution < 1.29 is 18.0 Å². The molecule has 1 atom stereocenters. The van der Waals surface area contributed by atoms with Crippen molar-refractivity contribution in [2.24, 2.45) is 0 Å². The minimum atomic E-state index is -0.923. The number of thiophene rings is 1. The van der Waals surface area contributed by atoms with Crippen LogP contribution in [0.5, 0.6) is 0 Å². The molecule has 6 heteroatoms. The van der Waals surface area contributed by atoms with Crippen LogP contribution in [0, 0.1) is 17.5 Å². The number of hydrogen-bond donors (Lipinski definition) is 0. The molecule has 1 amide bonds. The van der Waals surface area contributed by atoms with Crippen molar-refractivity contribution in [2.45, 2.75) is 12.5 Å². The minimum absolute atomic E-state index is 0.146. The summed E-state index contributed by atoms with van der Waals surface area (Å²) in [6.07, 6.45) is 0.723. The summed E-state index contributed by atoms with van der Waals surface area (Å²) in [7, 11) is 0. The fourth-order valence-corrected chi connectivity index (χ4v) is 5.15. The molecule has 0 aliphatic carbocycles. The molecule has 0 saturated heterocycles. The molecule has 0 radical (unpaired) electrons. The lowest BCUT2D eigenvalue weighted by Crippen LogP contribution is -2.40. The van der Waals surface area contributed by atoms with Crippen LogP contribution in [0.15, 0.2) is 78.9 Å². The second-order valence-electron chi connectivity index (χ2n) is 7.69.